The Balaban J connectivity index is 1.84. The van der Waals surface area contributed by atoms with E-state index >= 15 is 0 Å². The van der Waals surface area contributed by atoms with E-state index in [9.17, 15) is 4.79 Å². The molecule has 19 heavy (non-hydrogen) atoms. The Kier molecular flexibility index (Phi) is 4.81. The first-order valence-electron chi connectivity index (χ1n) is 6.55. The molecule has 0 aromatic carbocycles. The minimum absolute atomic E-state index is 0.0936. The monoisotopic (exact) mass is 264 g/mol. The van der Waals surface area contributed by atoms with Crippen LogP contribution in [0.25, 0.3) is 0 Å². The zero-order valence-electron chi connectivity index (χ0n) is 11.5. The Hall–Kier alpha value is -1.53. The number of hydrogen-bond donors (Lipinski definition) is 1. The Morgan fingerprint density at radius 2 is 1.95 bits per heavy atom. The average Bonchev–Trinajstić information content (AvgIpc) is 2.40. The molecule has 0 spiro atoms. The molecule has 1 N–H and O–H groups in total. The van der Waals surface area contributed by atoms with Gasteiger partial charge in [-0.25, -0.2) is 9.97 Å². The lowest BCUT2D eigenvalue weighted by Gasteiger charge is -2.26. The number of morpholine rings is 1. The van der Waals surface area contributed by atoms with Crippen LogP contribution in [0.4, 0.5) is 0 Å². The summed E-state index contributed by atoms with van der Waals surface area (Å²) in [7, 11) is 0. The van der Waals surface area contributed by atoms with Gasteiger partial charge in [0.05, 0.1) is 30.2 Å². The van der Waals surface area contributed by atoms with Gasteiger partial charge in [0, 0.05) is 26.2 Å². The Bertz CT molecular complexity index is 424. The zero-order chi connectivity index (χ0) is 13.7. The molecule has 2 heterocycles. The standard InChI is InChI=1S/C13H20N4O2/c1-10-12(11(2)16-9-15-10)13(18)14-3-4-17-5-7-19-8-6-17/h9H,3-8H2,1-2H3,(H,14,18). The largest absolute Gasteiger partial charge is 0.379 e. The molecule has 0 saturated carbocycles. The maximum atomic E-state index is 12.1. The summed E-state index contributed by atoms with van der Waals surface area (Å²) in [4.78, 5) is 22.5. The number of rotatable bonds is 4. The first-order valence-corrected chi connectivity index (χ1v) is 6.55. The van der Waals surface area contributed by atoms with Crippen molar-refractivity contribution in [2.75, 3.05) is 39.4 Å². The molecule has 1 aromatic heterocycles. The van der Waals surface area contributed by atoms with Crippen LogP contribution in [0.15, 0.2) is 6.33 Å². The highest BCUT2D eigenvalue weighted by Gasteiger charge is 2.14. The summed E-state index contributed by atoms with van der Waals surface area (Å²) in [5.41, 5.74) is 2.03. The molecular weight excluding hydrogens is 244 g/mol. The van der Waals surface area contributed by atoms with Gasteiger partial charge in [0.15, 0.2) is 0 Å². The van der Waals surface area contributed by atoms with E-state index in [0.29, 0.717) is 12.1 Å². The summed E-state index contributed by atoms with van der Waals surface area (Å²) < 4.78 is 5.28. The quantitative estimate of drug-likeness (QED) is 0.839. The van der Waals surface area contributed by atoms with Crippen molar-refractivity contribution in [1.82, 2.24) is 20.2 Å². The lowest BCUT2D eigenvalue weighted by molar-refractivity contribution is 0.0383. The second kappa shape index (κ2) is 6.58. The van der Waals surface area contributed by atoms with Crippen LogP contribution in [-0.2, 0) is 4.74 Å². The molecule has 0 radical (unpaired) electrons. The van der Waals surface area contributed by atoms with E-state index in [-0.39, 0.29) is 5.91 Å². The van der Waals surface area contributed by atoms with E-state index in [2.05, 4.69) is 20.2 Å². The third kappa shape index (κ3) is 3.71. The van der Waals surface area contributed by atoms with Crippen LogP contribution >= 0.6 is 0 Å². The van der Waals surface area contributed by atoms with Gasteiger partial charge in [0.25, 0.3) is 5.91 Å². The molecule has 0 atom stereocenters. The summed E-state index contributed by atoms with van der Waals surface area (Å²) in [6.45, 7) is 8.55. The van der Waals surface area contributed by atoms with Crippen molar-refractivity contribution in [3.63, 3.8) is 0 Å². The van der Waals surface area contributed by atoms with E-state index in [1.165, 1.54) is 6.33 Å². The highest BCUT2D eigenvalue weighted by molar-refractivity contribution is 5.96. The summed E-state index contributed by atoms with van der Waals surface area (Å²) >= 11 is 0. The van der Waals surface area contributed by atoms with Crippen molar-refractivity contribution < 1.29 is 9.53 Å². The van der Waals surface area contributed by atoms with Crippen molar-refractivity contribution in [1.29, 1.82) is 0 Å². The van der Waals surface area contributed by atoms with Crippen LogP contribution in [0.3, 0.4) is 0 Å². The summed E-state index contributed by atoms with van der Waals surface area (Å²) in [6.07, 6.45) is 1.48. The summed E-state index contributed by atoms with van der Waals surface area (Å²) in [5.74, 6) is -0.0936. The predicted molar refractivity (Wildman–Crippen MR) is 71.1 cm³/mol. The third-order valence-electron chi connectivity index (χ3n) is 3.27. The molecule has 0 unspecified atom stereocenters. The first-order chi connectivity index (χ1) is 9.18. The van der Waals surface area contributed by atoms with Gasteiger partial charge in [-0.3, -0.25) is 9.69 Å². The van der Waals surface area contributed by atoms with Crippen molar-refractivity contribution in [3.8, 4) is 0 Å². The predicted octanol–water partition coefficient (Wildman–Crippen LogP) is 0.155. The van der Waals surface area contributed by atoms with Gasteiger partial charge in [-0.15, -0.1) is 0 Å². The molecule has 6 heteroatoms. The van der Waals surface area contributed by atoms with Crippen LogP contribution in [0.1, 0.15) is 21.7 Å². The number of ether oxygens (including phenoxy) is 1. The van der Waals surface area contributed by atoms with E-state index in [1.54, 1.807) is 0 Å². The number of aryl methyl sites for hydroxylation is 2. The van der Waals surface area contributed by atoms with Gasteiger partial charge in [0.2, 0.25) is 0 Å². The van der Waals surface area contributed by atoms with E-state index in [0.717, 1.165) is 44.2 Å². The van der Waals surface area contributed by atoms with Crippen LogP contribution in [0, 0.1) is 13.8 Å². The average molecular weight is 264 g/mol. The zero-order valence-corrected chi connectivity index (χ0v) is 11.5. The molecule has 1 saturated heterocycles. The first kappa shape index (κ1) is 13.9. The normalized spacial score (nSPS) is 16.3. The molecule has 1 fully saturated rings. The van der Waals surface area contributed by atoms with Crippen molar-refractivity contribution in [3.05, 3.63) is 23.3 Å². The molecule has 1 aromatic rings. The van der Waals surface area contributed by atoms with Crippen LogP contribution < -0.4 is 5.32 Å². The number of carbonyl (C=O) groups is 1. The Labute approximate surface area is 113 Å². The van der Waals surface area contributed by atoms with Gasteiger partial charge >= 0.3 is 0 Å². The molecular formula is C13H20N4O2. The maximum Gasteiger partial charge on any atom is 0.255 e. The smallest absolute Gasteiger partial charge is 0.255 e. The third-order valence-corrected chi connectivity index (χ3v) is 3.27. The molecule has 1 aliphatic heterocycles. The van der Waals surface area contributed by atoms with Gasteiger partial charge in [-0.05, 0) is 13.8 Å². The minimum atomic E-state index is -0.0936. The second-order valence-corrected chi connectivity index (χ2v) is 4.63. The highest BCUT2D eigenvalue weighted by Crippen LogP contribution is 2.07. The van der Waals surface area contributed by atoms with Gasteiger partial charge in [-0.2, -0.15) is 0 Å². The van der Waals surface area contributed by atoms with Crippen LogP contribution in [0.5, 0.6) is 0 Å². The van der Waals surface area contributed by atoms with Crippen LogP contribution in [-0.4, -0.2) is 60.2 Å². The molecule has 2 rings (SSSR count). The number of nitrogens with zero attached hydrogens (tertiary/aromatic N) is 3. The van der Waals surface area contributed by atoms with Crippen molar-refractivity contribution in [2.24, 2.45) is 0 Å². The Morgan fingerprint density at radius 3 is 2.58 bits per heavy atom. The number of aromatic nitrogens is 2. The van der Waals surface area contributed by atoms with E-state index in [4.69, 9.17) is 4.74 Å². The SMILES string of the molecule is Cc1ncnc(C)c1C(=O)NCCN1CCOCC1. The Morgan fingerprint density at radius 1 is 1.32 bits per heavy atom. The summed E-state index contributed by atoms with van der Waals surface area (Å²) in [5, 5.41) is 2.93. The van der Waals surface area contributed by atoms with E-state index < -0.39 is 0 Å². The molecule has 0 bridgehead atoms. The topological polar surface area (TPSA) is 67.4 Å². The van der Waals surface area contributed by atoms with Crippen LogP contribution in [0.2, 0.25) is 0 Å². The highest BCUT2D eigenvalue weighted by atomic mass is 16.5. The number of nitrogens with one attached hydrogen (secondary N) is 1. The van der Waals surface area contributed by atoms with Gasteiger partial charge < -0.3 is 10.1 Å². The maximum absolute atomic E-state index is 12.1. The van der Waals surface area contributed by atoms with Gasteiger partial charge in [-0.1, -0.05) is 0 Å². The lowest BCUT2D eigenvalue weighted by atomic mass is 10.1. The number of amides is 1. The molecule has 1 amide bonds. The summed E-state index contributed by atoms with van der Waals surface area (Å²) in [6, 6.07) is 0. The lowest BCUT2D eigenvalue weighted by Crippen LogP contribution is -2.41. The number of hydrogen-bond acceptors (Lipinski definition) is 5. The van der Waals surface area contributed by atoms with Gasteiger partial charge in [0.1, 0.15) is 6.33 Å². The molecule has 6 nitrogen and oxygen atoms in total. The second-order valence-electron chi connectivity index (χ2n) is 4.63. The number of carbonyl (C=O) groups excluding carboxylic acids is 1. The molecule has 0 aliphatic carbocycles. The fraction of sp³-hybridized carbons (Fsp3) is 0.615. The van der Waals surface area contributed by atoms with Crippen molar-refractivity contribution >= 4 is 5.91 Å². The fourth-order valence-corrected chi connectivity index (χ4v) is 2.16. The fourth-order valence-electron chi connectivity index (χ4n) is 2.16. The minimum Gasteiger partial charge on any atom is -0.379 e. The molecule has 104 valence electrons. The van der Waals surface area contributed by atoms with Crippen molar-refractivity contribution in [2.45, 2.75) is 13.8 Å². The van der Waals surface area contributed by atoms with E-state index in [1.807, 2.05) is 13.8 Å². The molecule has 1 aliphatic rings.